The first-order chi connectivity index (χ1) is 13.1. The minimum absolute atomic E-state index is 0.0519. The van der Waals surface area contributed by atoms with Crippen LogP contribution < -0.4 is 10.2 Å². The van der Waals surface area contributed by atoms with Crippen LogP contribution >= 0.6 is 0 Å². The minimum Gasteiger partial charge on any atom is -0.450 e. The molecule has 7 nitrogen and oxygen atoms in total. The van der Waals surface area contributed by atoms with E-state index in [0.717, 1.165) is 44.5 Å². The van der Waals surface area contributed by atoms with Gasteiger partial charge in [-0.15, -0.1) is 0 Å². The molecule has 1 saturated heterocycles. The predicted octanol–water partition coefficient (Wildman–Crippen LogP) is 3.06. The Morgan fingerprint density at radius 1 is 1.22 bits per heavy atom. The quantitative estimate of drug-likeness (QED) is 0.755. The van der Waals surface area contributed by atoms with Crippen LogP contribution in [-0.2, 0) is 4.74 Å². The fourth-order valence-corrected chi connectivity index (χ4v) is 3.33. The molecule has 0 saturated carbocycles. The molecule has 1 aliphatic rings. The van der Waals surface area contributed by atoms with Crippen molar-refractivity contribution in [2.75, 3.05) is 37.7 Å². The van der Waals surface area contributed by atoms with Crippen LogP contribution in [0.1, 0.15) is 56.9 Å². The number of ether oxygens (including phenoxy) is 1. The first kappa shape index (κ1) is 21.0. The number of anilines is 1. The lowest BCUT2D eigenvalue weighted by Gasteiger charge is -2.31. The Balaban J connectivity index is 1.93. The largest absolute Gasteiger partial charge is 0.450 e. The van der Waals surface area contributed by atoms with Crippen LogP contribution in [0.5, 0.6) is 0 Å². The third kappa shape index (κ3) is 6.12. The topological polar surface area (TPSA) is 74.8 Å². The molecule has 1 aliphatic heterocycles. The molecule has 27 heavy (non-hydrogen) atoms. The van der Waals surface area contributed by atoms with Gasteiger partial charge in [0.1, 0.15) is 5.69 Å². The van der Waals surface area contributed by atoms with Gasteiger partial charge in [-0.1, -0.05) is 13.8 Å². The maximum Gasteiger partial charge on any atom is 0.409 e. The SMILES string of the molecule is CCCN(CCC)c1ccnc(C(=O)NC2CCN(C(=O)OCC)CC2)c1. The summed E-state index contributed by atoms with van der Waals surface area (Å²) in [5.41, 5.74) is 1.48. The molecular formula is C20H32N4O3. The molecule has 2 heterocycles. The van der Waals surface area contributed by atoms with Crippen LogP contribution in [0.3, 0.4) is 0 Å². The van der Waals surface area contributed by atoms with E-state index in [1.54, 1.807) is 18.0 Å². The van der Waals surface area contributed by atoms with Gasteiger partial charge in [-0.2, -0.15) is 0 Å². The molecule has 0 bridgehead atoms. The first-order valence-corrected chi connectivity index (χ1v) is 10.0. The highest BCUT2D eigenvalue weighted by Gasteiger charge is 2.25. The smallest absolute Gasteiger partial charge is 0.409 e. The molecular weight excluding hydrogens is 344 g/mol. The van der Waals surface area contributed by atoms with E-state index in [4.69, 9.17) is 4.74 Å². The molecule has 1 N–H and O–H groups in total. The van der Waals surface area contributed by atoms with E-state index in [1.807, 2.05) is 12.1 Å². The van der Waals surface area contributed by atoms with Crippen molar-refractivity contribution in [3.8, 4) is 0 Å². The van der Waals surface area contributed by atoms with Crippen molar-refractivity contribution in [3.63, 3.8) is 0 Å². The molecule has 0 aliphatic carbocycles. The van der Waals surface area contributed by atoms with Crippen LogP contribution in [0.15, 0.2) is 18.3 Å². The van der Waals surface area contributed by atoms with Crippen molar-refractivity contribution in [3.05, 3.63) is 24.0 Å². The summed E-state index contributed by atoms with van der Waals surface area (Å²) < 4.78 is 5.03. The minimum atomic E-state index is -0.274. The number of rotatable bonds is 8. The van der Waals surface area contributed by atoms with Gasteiger partial charge in [0.15, 0.2) is 0 Å². The monoisotopic (exact) mass is 376 g/mol. The highest BCUT2D eigenvalue weighted by atomic mass is 16.6. The molecule has 0 aromatic carbocycles. The predicted molar refractivity (Wildman–Crippen MR) is 106 cm³/mol. The van der Waals surface area contributed by atoms with Gasteiger partial charge in [0, 0.05) is 44.1 Å². The van der Waals surface area contributed by atoms with E-state index in [0.29, 0.717) is 25.4 Å². The zero-order valence-corrected chi connectivity index (χ0v) is 16.7. The van der Waals surface area contributed by atoms with Crippen molar-refractivity contribution in [1.29, 1.82) is 0 Å². The molecule has 2 amide bonds. The Labute approximate surface area is 162 Å². The lowest BCUT2D eigenvalue weighted by atomic mass is 10.1. The number of nitrogens with zero attached hydrogens (tertiary/aromatic N) is 3. The summed E-state index contributed by atoms with van der Waals surface area (Å²) in [7, 11) is 0. The Kier molecular flexibility index (Phi) is 8.36. The second-order valence-electron chi connectivity index (χ2n) is 6.82. The van der Waals surface area contributed by atoms with Crippen LogP contribution in [0.25, 0.3) is 0 Å². The number of carbonyl (C=O) groups excluding carboxylic acids is 2. The van der Waals surface area contributed by atoms with E-state index >= 15 is 0 Å². The zero-order chi connectivity index (χ0) is 19.6. The molecule has 150 valence electrons. The van der Waals surface area contributed by atoms with Crippen LogP contribution in [0, 0.1) is 0 Å². The zero-order valence-electron chi connectivity index (χ0n) is 16.7. The van der Waals surface area contributed by atoms with E-state index < -0.39 is 0 Å². The van der Waals surface area contributed by atoms with Crippen molar-refractivity contribution in [2.45, 2.75) is 52.5 Å². The van der Waals surface area contributed by atoms with Crippen molar-refractivity contribution >= 4 is 17.7 Å². The van der Waals surface area contributed by atoms with Crippen LogP contribution in [-0.4, -0.2) is 60.7 Å². The summed E-state index contributed by atoms with van der Waals surface area (Å²) in [5, 5.41) is 3.06. The second kappa shape index (κ2) is 10.7. The second-order valence-corrected chi connectivity index (χ2v) is 6.82. The number of carbonyl (C=O) groups is 2. The highest BCUT2D eigenvalue weighted by molar-refractivity contribution is 5.93. The number of hydrogen-bond acceptors (Lipinski definition) is 5. The summed E-state index contributed by atoms with van der Waals surface area (Å²) in [4.78, 5) is 32.6. The number of aromatic nitrogens is 1. The Bertz CT molecular complexity index is 609. The number of amides is 2. The van der Waals surface area contributed by atoms with Gasteiger partial charge in [0.2, 0.25) is 0 Å². The number of hydrogen-bond donors (Lipinski definition) is 1. The molecule has 0 spiro atoms. The van der Waals surface area contributed by atoms with Gasteiger partial charge < -0.3 is 19.9 Å². The summed E-state index contributed by atoms with van der Waals surface area (Å²) in [6.45, 7) is 9.60. The molecule has 1 aromatic rings. The number of piperidine rings is 1. The maximum atomic E-state index is 12.6. The average Bonchev–Trinajstić information content (AvgIpc) is 2.68. The van der Waals surface area contributed by atoms with Gasteiger partial charge in [0.25, 0.3) is 5.91 Å². The van der Waals surface area contributed by atoms with Crippen LogP contribution in [0.2, 0.25) is 0 Å². The summed E-state index contributed by atoms with van der Waals surface area (Å²) >= 11 is 0. The molecule has 0 unspecified atom stereocenters. The van der Waals surface area contributed by atoms with Crippen molar-refractivity contribution < 1.29 is 14.3 Å². The van der Waals surface area contributed by atoms with E-state index in [1.165, 1.54) is 0 Å². The molecule has 1 fully saturated rings. The fourth-order valence-electron chi connectivity index (χ4n) is 3.33. The summed E-state index contributed by atoms with van der Waals surface area (Å²) in [6, 6.07) is 3.88. The first-order valence-electron chi connectivity index (χ1n) is 10.0. The Morgan fingerprint density at radius 2 is 1.89 bits per heavy atom. The summed E-state index contributed by atoms with van der Waals surface area (Å²) in [6.07, 6.45) is 4.99. The van der Waals surface area contributed by atoms with E-state index in [-0.39, 0.29) is 18.0 Å². The Morgan fingerprint density at radius 3 is 2.48 bits per heavy atom. The maximum absolute atomic E-state index is 12.6. The van der Waals surface area contributed by atoms with Crippen molar-refractivity contribution in [1.82, 2.24) is 15.2 Å². The molecule has 0 atom stereocenters. The lowest BCUT2D eigenvalue weighted by molar-refractivity contribution is 0.0856. The third-order valence-electron chi connectivity index (χ3n) is 4.68. The molecule has 0 radical (unpaired) electrons. The lowest BCUT2D eigenvalue weighted by Crippen LogP contribution is -2.46. The normalized spacial score (nSPS) is 14.7. The number of nitrogens with one attached hydrogen (secondary N) is 1. The van der Waals surface area contributed by atoms with Gasteiger partial charge >= 0.3 is 6.09 Å². The van der Waals surface area contributed by atoms with E-state index in [2.05, 4.69) is 29.0 Å². The van der Waals surface area contributed by atoms with Gasteiger partial charge in [-0.05, 0) is 44.7 Å². The van der Waals surface area contributed by atoms with Crippen molar-refractivity contribution in [2.24, 2.45) is 0 Å². The molecule has 2 rings (SSSR count). The standard InChI is InChI=1S/C20H32N4O3/c1-4-11-23(12-5-2)17-7-10-21-18(15-17)19(25)22-16-8-13-24(14-9-16)20(26)27-6-3/h7,10,15-16H,4-6,8-9,11-14H2,1-3H3,(H,22,25). The number of likely N-dealkylation sites (tertiary alicyclic amines) is 1. The van der Waals surface area contributed by atoms with Gasteiger partial charge in [0.05, 0.1) is 6.61 Å². The number of pyridine rings is 1. The fraction of sp³-hybridized carbons (Fsp3) is 0.650. The summed E-state index contributed by atoms with van der Waals surface area (Å²) in [5.74, 6) is -0.153. The van der Waals surface area contributed by atoms with Gasteiger partial charge in [-0.25, -0.2) is 4.79 Å². The van der Waals surface area contributed by atoms with Gasteiger partial charge in [-0.3, -0.25) is 9.78 Å². The average molecular weight is 377 g/mol. The Hall–Kier alpha value is -2.31. The highest BCUT2D eigenvalue weighted by Crippen LogP contribution is 2.17. The third-order valence-corrected chi connectivity index (χ3v) is 4.68. The molecule has 1 aromatic heterocycles. The van der Waals surface area contributed by atoms with E-state index in [9.17, 15) is 9.59 Å². The molecule has 7 heteroatoms. The van der Waals surface area contributed by atoms with Crippen LogP contribution in [0.4, 0.5) is 10.5 Å².